The summed E-state index contributed by atoms with van der Waals surface area (Å²) in [5.41, 5.74) is 2.28. The van der Waals surface area contributed by atoms with Crippen molar-refractivity contribution in [2.45, 2.75) is 31.9 Å². The number of fused-ring (bicyclic) bond motifs is 1. The van der Waals surface area contributed by atoms with Gasteiger partial charge in [0.25, 0.3) is 5.91 Å². The van der Waals surface area contributed by atoms with Gasteiger partial charge in [0.05, 0.1) is 33.1 Å². The molecule has 2 N–H and O–H groups in total. The molecule has 128 valence electrons. The van der Waals surface area contributed by atoms with Crippen LogP contribution in [0.15, 0.2) is 42.6 Å². The molecule has 4 rings (SSSR count). The Balaban J connectivity index is 1.58. The van der Waals surface area contributed by atoms with E-state index in [4.69, 9.17) is 0 Å². The van der Waals surface area contributed by atoms with Crippen LogP contribution in [0.5, 0.6) is 0 Å². The molecule has 1 amide bonds. The third-order valence-electron chi connectivity index (χ3n) is 4.67. The lowest BCUT2D eigenvalue weighted by Gasteiger charge is -2.37. The fourth-order valence-electron chi connectivity index (χ4n) is 3.30. The van der Waals surface area contributed by atoms with Crippen molar-refractivity contribution < 1.29 is 9.90 Å². The number of aromatic nitrogens is 2. The maximum atomic E-state index is 12.8. The van der Waals surface area contributed by atoms with E-state index in [1.807, 2.05) is 43.3 Å². The van der Waals surface area contributed by atoms with E-state index < -0.39 is 0 Å². The van der Waals surface area contributed by atoms with Crippen LogP contribution >= 0.6 is 11.3 Å². The molecule has 2 aromatic heterocycles. The fourth-order valence-corrected chi connectivity index (χ4v) is 4.11. The Kier molecular flexibility index (Phi) is 4.23. The van der Waals surface area contributed by atoms with Gasteiger partial charge in [0.1, 0.15) is 0 Å². The van der Waals surface area contributed by atoms with Crippen molar-refractivity contribution >= 4 is 27.5 Å². The summed E-state index contributed by atoms with van der Waals surface area (Å²) < 4.78 is 1.08. The summed E-state index contributed by atoms with van der Waals surface area (Å²) in [7, 11) is 0. The molecule has 1 saturated carbocycles. The number of carbonyl (C=O) groups excluding carboxylic acids is 1. The SMILES string of the molecule is Cc1nc2cc(C(=O)N[C@H](c3ccccn3)C3CC(O)C3)ccc2s1. The molecule has 25 heavy (non-hydrogen) atoms. The van der Waals surface area contributed by atoms with Gasteiger partial charge in [-0.15, -0.1) is 11.3 Å². The number of hydrogen-bond donors (Lipinski definition) is 2. The molecule has 1 fully saturated rings. The molecule has 0 aliphatic heterocycles. The number of nitrogens with one attached hydrogen (secondary N) is 1. The highest BCUT2D eigenvalue weighted by Crippen LogP contribution is 2.37. The first-order valence-corrected chi connectivity index (χ1v) is 9.19. The monoisotopic (exact) mass is 353 g/mol. The number of aliphatic hydroxyl groups excluding tert-OH is 1. The van der Waals surface area contributed by atoms with Crippen LogP contribution in [-0.2, 0) is 0 Å². The Hall–Kier alpha value is -2.31. The van der Waals surface area contributed by atoms with Gasteiger partial charge >= 0.3 is 0 Å². The highest BCUT2D eigenvalue weighted by Gasteiger charge is 2.36. The van der Waals surface area contributed by atoms with Gasteiger partial charge in [-0.1, -0.05) is 6.07 Å². The van der Waals surface area contributed by atoms with E-state index in [9.17, 15) is 9.90 Å². The van der Waals surface area contributed by atoms with Crippen molar-refractivity contribution in [3.05, 3.63) is 58.9 Å². The van der Waals surface area contributed by atoms with E-state index in [0.29, 0.717) is 18.4 Å². The lowest BCUT2D eigenvalue weighted by Crippen LogP contribution is -2.41. The van der Waals surface area contributed by atoms with E-state index in [-0.39, 0.29) is 24.0 Å². The smallest absolute Gasteiger partial charge is 0.251 e. The molecule has 0 spiro atoms. The fraction of sp³-hybridized carbons (Fsp3) is 0.316. The van der Waals surface area contributed by atoms with Gasteiger partial charge in [0.2, 0.25) is 0 Å². The predicted molar refractivity (Wildman–Crippen MR) is 97.5 cm³/mol. The summed E-state index contributed by atoms with van der Waals surface area (Å²) in [6, 6.07) is 11.1. The minimum absolute atomic E-state index is 0.135. The Bertz CT molecular complexity index is 903. The minimum atomic E-state index is -0.276. The normalized spacial score (nSPS) is 20.9. The number of rotatable bonds is 4. The lowest BCUT2D eigenvalue weighted by atomic mass is 9.76. The highest BCUT2D eigenvalue weighted by atomic mass is 32.1. The van der Waals surface area contributed by atoms with Crippen LogP contribution in [0, 0.1) is 12.8 Å². The maximum Gasteiger partial charge on any atom is 0.251 e. The molecule has 6 heteroatoms. The van der Waals surface area contributed by atoms with Crippen LogP contribution in [0.1, 0.15) is 39.9 Å². The molecule has 0 radical (unpaired) electrons. The van der Waals surface area contributed by atoms with E-state index in [1.54, 1.807) is 17.5 Å². The maximum absolute atomic E-state index is 12.8. The number of nitrogens with zero attached hydrogens (tertiary/aromatic N) is 2. The third kappa shape index (κ3) is 3.27. The second kappa shape index (κ2) is 6.54. The van der Waals surface area contributed by atoms with Crippen molar-refractivity contribution in [1.82, 2.24) is 15.3 Å². The molecular formula is C19H19N3O2S. The van der Waals surface area contributed by atoms with E-state index in [0.717, 1.165) is 20.9 Å². The number of aliphatic hydroxyl groups is 1. The Morgan fingerprint density at radius 1 is 1.32 bits per heavy atom. The van der Waals surface area contributed by atoms with Crippen LogP contribution in [0.4, 0.5) is 0 Å². The molecule has 1 aromatic carbocycles. The number of aryl methyl sites for hydroxylation is 1. The molecular weight excluding hydrogens is 334 g/mol. The first-order valence-electron chi connectivity index (χ1n) is 8.37. The van der Waals surface area contributed by atoms with Gasteiger partial charge in [0, 0.05) is 11.8 Å². The number of thiazole rings is 1. The molecule has 5 nitrogen and oxygen atoms in total. The average molecular weight is 353 g/mol. The first kappa shape index (κ1) is 16.2. The summed E-state index contributed by atoms with van der Waals surface area (Å²) in [5.74, 6) is 0.0729. The number of benzene rings is 1. The average Bonchev–Trinajstić information content (AvgIpc) is 2.97. The first-order chi connectivity index (χ1) is 12.1. The predicted octanol–water partition coefficient (Wildman–Crippen LogP) is 3.24. The topological polar surface area (TPSA) is 75.1 Å². The zero-order chi connectivity index (χ0) is 17.4. The lowest BCUT2D eigenvalue weighted by molar-refractivity contribution is 0.0228. The van der Waals surface area contributed by atoms with E-state index in [1.165, 1.54) is 0 Å². The molecule has 3 aromatic rings. The van der Waals surface area contributed by atoms with Gasteiger partial charge in [-0.3, -0.25) is 9.78 Å². The molecule has 1 atom stereocenters. The molecule has 0 bridgehead atoms. The Morgan fingerprint density at radius 2 is 2.16 bits per heavy atom. The number of hydrogen-bond acceptors (Lipinski definition) is 5. The van der Waals surface area contributed by atoms with E-state index >= 15 is 0 Å². The van der Waals surface area contributed by atoms with Gasteiger partial charge in [-0.2, -0.15) is 0 Å². The second-order valence-electron chi connectivity index (χ2n) is 6.51. The van der Waals surface area contributed by atoms with Gasteiger partial charge in [-0.25, -0.2) is 4.98 Å². The van der Waals surface area contributed by atoms with Crippen LogP contribution < -0.4 is 5.32 Å². The third-order valence-corrected chi connectivity index (χ3v) is 5.62. The Labute approximate surface area is 149 Å². The quantitative estimate of drug-likeness (QED) is 0.755. The van der Waals surface area contributed by atoms with Crippen molar-refractivity contribution in [1.29, 1.82) is 0 Å². The summed E-state index contributed by atoms with van der Waals surface area (Å²) in [4.78, 5) is 21.6. The second-order valence-corrected chi connectivity index (χ2v) is 7.74. The van der Waals surface area contributed by atoms with Crippen molar-refractivity contribution in [2.24, 2.45) is 5.92 Å². The molecule has 1 aliphatic rings. The van der Waals surface area contributed by atoms with Gasteiger partial charge < -0.3 is 10.4 Å². The van der Waals surface area contributed by atoms with Crippen LogP contribution in [0.3, 0.4) is 0 Å². The minimum Gasteiger partial charge on any atom is -0.393 e. The largest absolute Gasteiger partial charge is 0.393 e. The van der Waals surface area contributed by atoms with Crippen LogP contribution in [-0.4, -0.2) is 27.1 Å². The van der Waals surface area contributed by atoms with Crippen molar-refractivity contribution in [3.63, 3.8) is 0 Å². The number of carbonyl (C=O) groups is 1. The number of pyridine rings is 1. The molecule has 1 aliphatic carbocycles. The van der Waals surface area contributed by atoms with Gasteiger partial charge in [-0.05, 0) is 56.0 Å². The van der Waals surface area contributed by atoms with Crippen molar-refractivity contribution in [3.8, 4) is 0 Å². The standard InChI is InChI=1S/C19H19N3O2S/c1-11-21-16-10-12(5-6-17(16)25-11)19(24)22-18(13-8-14(23)9-13)15-4-2-3-7-20-15/h2-7,10,13-14,18,23H,8-9H2,1H3,(H,22,24)/t13?,14?,18-/m0/s1. The zero-order valence-electron chi connectivity index (χ0n) is 13.8. The summed E-state index contributed by atoms with van der Waals surface area (Å²) in [5, 5.41) is 13.7. The summed E-state index contributed by atoms with van der Waals surface area (Å²) in [6.07, 6.45) is 2.83. The van der Waals surface area contributed by atoms with Crippen molar-refractivity contribution in [2.75, 3.05) is 0 Å². The molecule has 0 unspecified atom stereocenters. The highest BCUT2D eigenvalue weighted by molar-refractivity contribution is 7.18. The summed E-state index contributed by atoms with van der Waals surface area (Å²) >= 11 is 1.62. The summed E-state index contributed by atoms with van der Waals surface area (Å²) in [6.45, 7) is 1.96. The molecule has 2 heterocycles. The molecule has 0 saturated heterocycles. The Morgan fingerprint density at radius 3 is 2.88 bits per heavy atom. The van der Waals surface area contributed by atoms with E-state index in [2.05, 4.69) is 15.3 Å². The van der Waals surface area contributed by atoms with Crippen LogP contribution in [0.2, 0.25) is 0 Å². The van der Waals surface area contributed by atoms with Crippen LogP contribution in [0.25, 0.3) is 10.2 Å². The number of amides is 1. The zero-order valence-corrected chi connectivity index (χ0v) is 14.7. The van der Waals surface area contributed by atoms with Gasteiger partial charge in [0.15, 0.2) is 0 Å².